The summed E-state index contributed by atoms with van der Waals surface area (Å²) in [6, 6.07) is 3.73. The van der Waals surface area contributed by atoms with Crippen LogP contribution in [0, 0.1) is 0 Å². The van der Waals surface area contributed by atoms with Crippen molar-refractivity contribution in [1.29, 1.82) is 0 Å². The van der Waals surface area contributed by atoms with E-state index in [1.54, 1.807) is 20.3 Å². The zero-order valence-electron chi connectivity index (χ0n) is 10.3. The van der Waals surface area contributed by atoms with Crippen LogP contribution in [0.2, 0.25) is 0 Å². The van der Waals surface area contributed by atoms with Crippen LogP contribution in [0.5, 0.6) is 11.5 Å². The molecular weight excluding hydrogens is 218 g/mol. The first-order valence-corrected chi connectivity index (χ1v) is 5.40. The maximum atomic E-state index is 9.23. The van der Waals surface area contributed by atoms with E-state index in [1.165, 1.54) is 0 Å². The lowest BCUT2D eigenvalue weighted by molar-refractivity contribution is 0.181. The molecule has 1 rings (SSSR count). The summed E-state index contributed by atoms with van der Waals surface area (Å²) in [7, 11) is 3.20. The topological polar surface area (TPSA) is 64.7 Å². The highest BCUT2D eigenvalue weighted by Gasteiger charge is 2.12. The molecule has 0 bridgehead atoms. The lowest BCUT2D eigenvalue weighted by Gasteiger charge is -2.15. The van der Waals surface area contributed by atoms with Crippen LogP contribution in [0.15, 0.2) is 24.8 Å². The Hall–Kier alpha value is -1.52. The van der Waals surface area contributed by atoms with Crippen molar-refractivity contribution in [2.75, 3.05) is 14.2 Å². The summed E-state index contributed by atoms with van der Waals surface area (Å²) in [6.45, 7) is 3.70. The van der Waals surface area contributed by atoms with E-state index < -0.39 is 6.23 Å². The smallest absolute Gasteiger partial charge is 0.122 e. The highest BCUT2D eigenvalue weighted by atomic mass is 16.5. The fourth-order valence-electron chi connectivity index (χ4n) is 1.72. The number of methoxy groups -OCH3 is 2. The Bertz CT molecular complexity index is 388. The first-order chi connectivity index (χ1) is 8.12. The Labute approximate surface area is 102 Å². The summed E-state index contributed by atoms with van der Waals surface area (Å²) < 4.78 is 10.6. The van der Waals surface area contributed by atoms with E-state index in [9.17, 15) is 5.11 Å². The lowest BCUT2D eigenvalue weighted by atomic mass is 10.0. The summed E-state index contributed by atoms with van der Waals surface area (Å²) in [5.41, 5.74) is 7.20. The molecule has 0 aromatic heterocycles. The minimum atomic E-state index is -0.904. The Morgan fingerprint density at radius 3 is 2.29 bits per heavy atom. The van der Waals surface area contributed by atoms with Gasteiger partial charge in [0, 0.05) is 17.5 Å². The number of nitrogens with two attached hydrogens (primary N) is 1. The highest BCUT2D eigenvalue weighted by Crippen LogP contribution is 2.30. The molecular formula is C13H19NO3. The molecule has 1 unspecified atom stereocenters. The largest absolute Gasteiger partial charge is 0.496 e. The van der Waals surface area contributed by atoms with Gasteiger partial charge in [-0.2, -0.15) is 0 Å². The zero-order chi connectivity index (χ0) is 12.8. The van der Waals surface area contributed by atoms with Crippen LogP contribution in [-0.2, 0) is 12.8 Å². The van der Waals surface area contributed by atoms with Crippen molar-refractivity contribution in [1.82, 2.24) is 0 Å². The number of hydrogen-bond acceptors (Lipinski definition) is 4. The van der Waals surface area contributed by atoms with E-state index in [0.717, 1.165) is 16.9 Å². The average Bonchev–Trinajstić information content (AvgIpc) is 2.30. The zero-order valence-corrected chi connectivity index (χ0v) is 10.3. The number of aliphatic hydroxyl groups is 1. The third-order valence-electron chi connectivity index (χ3n) is 2.48. The van der Waals surface area contributed by atoms with Gasteiger partial charge in [-0.1, -0.05) is 6.08 Å². The average molecular weight is 237 g/mol. The van der Waals surface area contributed by atoms with E-state index in [1.807, 2.05) is 12.1 Å². The second-order valence-corrected chi connectivity index (χ2v) is 3.74. The predicted octanol–water partition coefficient (Wildman–Crippen LogP) is 1.25. The van der Waals surface area contributed by atoms with Gasteiger partial charge < -0.3 is 20.3 Å². The number of rotatable bonds is 6. The Morgan fingerprint density at radius 2 is 1.82 bits per heavy atom. The van der Waals surface area contributed by atoms with Crippen LogP contribution in [0.3, 0.4) is 0 Å². The molecule has 0 saturated carbocycles. The van der Waals surface area contributed by atoms with Crippen molar-refractivity contribution in [3.63, 3.8) is 0 Å². The maximum Gasteiger partial charge on any atom is 0.122 e. The molecule has 4 heteroatoms. The van der Waals surface area contributed by atoms with Crippen molar-refractivity contribution in [3.05, 3.63) is 35.9 Å². The van der Waals surface area contributed by atoms with E-state index >= 15 is 0 Å². The number of hydrogen-bond donors (Lipinski definition) is 2. The number of benzene rings is 1. The highest BCUT2D eigenvalue weighted by molar-refractivity contribution is 5.47. The van der Waals surface area contributed by atoms with Crippen molar-refractivity contribution >= 4 is 0 Å². The van der Waals surface area contributed by atoms with Crippen LogP contribution in [0.25, 0.3) is 0 Å². The number of aliphatic hydroxyl groups excluding tert-OH is 1. The summed E-state index contributed by atoms with van der Waals surface area (Å²) in [6.07, 6.45) is 1.92. The van der Waals surface area contributed by atoms with E-state index in [4.69, 9.17) is 15.2 Å². The van der Waals surface area contributed by atoms with E-state index in [-0.39, 0.29) is 0 Å². The molecule has 0 amide bonds. The van der Waals surface area contributed by atoms with Gasteiger partial charge >= 0.3 is 0 Å². The molecule has 0 aliphatic rings. The molecule has 0 fully saturated rings. The summed E-state index contributed by atoms with van der Waals surface area (Å²) in [5.74, 6) is 1.45. The van der Waals surface area contributed by atoms with Gasteiger partial charge in [-0.15, -0.1) is 6.58 Å². The van der Waals surface area contributed by atoms with Gasteiger partial charge in [0.05, 0.1) is 14.2 Å². The van der Waals surface area contributed by atoms with Crippen LogP contribution in [0.4, 0.5) is 0 Å². The van der Waals surface area contributed by atoms with Crippen LogP contribution < -0.4 is 15.2 Å². The van der Waals surface area contributed by atoms with Crippen LogP contribution >= 0.6 is 0 Å². The second kappa shape index (κ2) is 6.27. The van der Waals surface area contributed by atoms with E-state index in [0.29, 0.717) is 18.6 Å². The molecule has 3 N–H and O–H groups in total. The molecule has 0 radical (unpaired) electrons. The first-order valence-electron chi connectivity index (χ1n) is 5.40. The molecule has 0 spiro atoms. The Morgan fingerprint density at radius 1 is 1.29 bits per heavy atom. The van der Waals surface area contributed by atoms with E-state index in [2.05, 4.69) is 6.58 Å². The van der Waals surface area contributed by atoms with Crippen LogP contribution in [0.1, 0.15) is 11.1 Å². The monoisotopic (exact) mass is 237 g/mol. The fourth-order valence-corrected chi connectivity index (χ4v) is 1.72. The molecule has 17 heavy (non-hydrogen) atoms. The summed E-state index contributed by atoms with van der Waals surface area (Å²) >= 11 is 0. The molecule has 1 aromatic carbocycles. The Balaban J connectivity index is 3.17. The SMILES string of the molecule is C=CCc1cc(OC)c(CC(N)O)cc1OC. The number of allylic oxidation sites excluding steroid dienone is 1. The van der Waals surface area contributed by atoms with Crippen molar-refractivity contribution in [3.8, 4) is 11.5 Å². The van der Waals surface area contributed by atoms with Crippen LogP contribution in [-0.4, -0.2) is 25.6 Å². The summed E-state index contributed by atoms with van der Waals surface area (Å²) in [4.78, 5) is 0. The molecule has 0 aliphatic heterocycles. The van der Waals surface area contributed by atoms with Gasteiger partial charge in [-0.3, -0.25) is 0 Å². The maximum absolute atomic E-state index is 9.23. The van der Waals surface area contributed by atoms with Gasteiger partial charge in [-0.25, -0.2) is 0 Å². The molecule has 0 aliphatic carbocycles. The van der Waals surface area contributed by atoms with Gasteiger partial charge in [-0.05, 0) is 18.6 Å². The van der Waals surface area contributed by atoms with Gasteiger partial charge in [0.15, 0.2) is 0 Å². The quantitative estimate of drug-likeness (QED) is 0.577. The summed E-state index contributed by atoms with van der Waals surface area (Å²) in [5, 5.41) is 9.23. The fraction of sp³-hybridized carbons (Fsp3) is 0.385. The van der Waals surface area contributed by atoms with Gasteiger partial charge in [0.25, 0.3) is 0 Å². The lowest BCUT2D eigenvalue weighted by Crippen LogP contribution is -2.21. The molecule has 4 nitrogen and oxygen atoms in total. The van der Waals surface area contributed by atoms with Crippen molar-refractivity contribution < 1.29 is 14.6 Å². The predicted molar refractivity (Wildman–Crippen MR) is 67.3 cm³/mol. The molecule has 0 heterocycles. The third-order valence-corrected chi connectivity index (χ3v) is 2.48. The van der Waals surface area contributed by atoms with Gasteiger partial charge in [0.1, 0.15) is 17.7 Å². The Kier molecular flexibility index (Phi) is 5.00. The molecule has 94 valence electrons. The third kappa shape index (κ3) is 3.47. The second-order valence-electron chi connectivity index (χ2n) is 3.74. The molecule has 1 aromatic rings. The van der Waals surface area contributed by atoms with Crippen molar-refractivity contribution in [2.45, 2.75) is 19.1 Å². The number of ether oxygens (including phenoxy) is 2. The first kappa shape index (κ1) is 13.5. The minimum absolute atomic E-state index is 0.327. The minimum Gasteiger partial charge on any atom is -0.496 e. The normalized spacial score (nSPS) is 12.0. The molecule has 1 atom stereocenters. The standard InChI is InChI=1S/C13H19NO3/c1-4-5-9-6-12(17-3)10(8-13(14)15)7-11(9)16-2/h4,6-7,13,15H,1,5,8,14H2,2-3H3. The van der Waals surface area contributed by atoms with Gasteiger partial charge in [0.2, 0.25) is 0 Å². The van der Waals surface area contributed by atoms with Crippen molar-refractivity contribution in [2.24, 2.45) is 5.73 Å². The molecule has 0 saturated heterocycles.